The molecule has 1 N–H and O–H groups in total. The van der Waals surface area contributed by atoms with E-state index in [1.165, 1.54) is 11.8 Å². The van der Waals surface area contributed by atoms with Gasteiger partial charge in [0.25, 0.3) is 0 Å². The molecule has 3 rings (SSSR count). The summed E-state index contributed by atoms with van der Waals surface area (Å²) in [7, 11) is 0. The first kappa shape index (κ1) is 19.5. The molecule has 140 valence electrons. The van der Waals surface area contributed by atoms with E-state index in [9.17, 15) is 4.79 Å². The summed E-state index contributed by atoms with van der Waals surface area (Å²) in [4.78, 5) is 12.4. The zero-order valence-corrected chi connectivity index (χ0v) is 17.3. The average molecular weight is 401 g/mol. The van der Waals surface area contributed by atoms with Crippen molar-refractivity contribution in [1.29, 1.82) is 0 Å². The maximum atomic E-state index is 12.4. The summed E-state index contributed by atoms with van der Waals surface area (Å²) in [5.41, 5.74) is 4.90. The fourth-order valence-electron chi connectivity index (χ4n) is 2.73. The first-order valence-corrected chi connectivity index (χ1v) is 9.90. The van der Waals surface area contributed by atoms with E-state index < -0.39 is 0 Å². The summed E-state index contributed by atoms with van der Waals surface area (Å²) >= 11 is 7.47. The molecule has 0 bridgehead atoms. The number of carbonyl (C=O) groups is 1. The Morgan fingerprint density at radius 2 is 1.93 bits per heavy atom. The minimum Gasteiger partial charge on any atom is -0.325 e. The number of halogens is 1. The highest BCUT2D eigenvalue weighted by Crippen LogP contribution is 2.26. The lowest BCUT2D eigenvalue weighted by molar-refractivity contribution is -0.113. The Morgan fingerprint density at radius 3 is 2.70 bits per heavy atom. The monoisotopic (exact) mass is 400 g/mol. The van der Waals surface area contributed by atoms with Crippen molar-refractivity contribution in [3.8, 4) is 5.69 Å². The van der Waals surface area contributed by atoms with Gasteiger partial charge in [0, 0.05) is 10.7 Å². The summed E-state index contributed by atoms with van der Waals surface area (Å²) in [6, 6.07) is 11.7. The van der Waals surface area contributed by atoms with Crippen LogP contribution in [0.25, 0.3) is 5.69 Å². The van der Waals surface area contributed by atoms with E-state index in [-0.39, 0.29) is 11.7 Å². The van der Waals surface area contributed by atoms with Crippen LogP contribution >= 0.6 is 23.4 Å². The standard InChI is InChI=1S/C20H21ClN4OS/c1-12-8-9-13(2)18(10-12)25-15(4)23-24-20(25)27-11-19(26)22-17-7-5-6-16(21)14(17)3/h5-10H,11H2,1-4H3,(H,22,26). The van der Waals surface area contributed by atoms with E-state index in [1.54, 1.807) is 6.07 Å². The summed E-state index contributed by atoms with van der Waals surface area (Å²) in [6.07, 6.45) is 0. The quantitative estimate of drug-likeness (QED) is 0.619. The molecule has 5 nitrogen and oxygen atoms in total. The third-order valence-corrected chi connectivity index (χ3v) is 5.61. The van der Waals surface area contributed by atoms with Gasteiger partial charge in [-0.3, -0.25) is 9.36 Å². The third kappa shape index (κ3) is 4.34. The number of aryl methyl sites for hydroxylation is 3. The average Bonchev–Trinajstić information content (AvgIpc) is 3.00. The molecule has 0 atom stereocenters. The van der Waals surface area contributed by atoms with E-state index in [0.717, 1.165) is 33.9 Å². The second-order valence-electron chi connectivity index (χ2n) is 6.40. The van der Waals surface area contributed by atoms with Crippen molar-refractivity contribution in [2.24, 2.45) is 0 Å². The largest absolute Gasteiger partial charge is 0.325 e. The van der Waals surface area contributed by atoms with Gasteiger partial charge in [-0.15, -0.1) is 10.2 Å². The van der Waals surface area contributed by atoms with Crippen LogP contribution in [0, 0.1) is 27.7 Å². The molecule has 0 aliphatic rings. The van der Waals surface area contributed by atoms with Crippen molar-refractivity contribution < 1.29 is 4.79 Å². The Labute approximate surface area is 168 Å². The van der Waals surface area contributed by atoms with Crippen LogP contribution < -0.4 is 5.32 Å². The molecule has 0 aliphatic carbocycles. The van der Waals surface area contributed by atoms with Gasteiger partial charge >= 0.3 is 0 Å². The third-order valence-electron chi connectivity index (χ3n) is 4.27. The fraction of sp³-hybridized carbons (Fsp3) is 0.250. The number of aromatic nitrogens is 3. The molecule has 0 unspecified atom stereocenters. The smallest absolute Gasteiger partial charge is 0.234 e. The Balaban J connectivity index is 1.76. The van der Waals surface area contributed by atoms with Crippen molar-refractivity contribution in [3.63, 3.8) is 0 Å². The van der Waals surface area contributed by atoms with Crippen molar-refractivity contribution in [2.75, 3.05) is 11.1 Å². The van der Waals surface area contributed by atoms with Gasteiger partial charge in [0.1, 0.15) is 5.82 Å². The lowest BCUT2D eigenvalue weighted by Crippen LogP contribution is -2.15. The topological polar surface area (TPSA) is 59.8 Å². The number of hydrogen-bond acceptors (Lipinski definition) is 4. The lowest BCUT2D eigenvalue weighted by atomic mass is 10.1. The number of hydrogen-bond donors (Lipinski definition) is 1. The Hall–Kier alpha value is -2.31. The van der Waals surface area contributed by atoms with Crippen LogP contribution in [0.1, 0.15) is 22.5 Å². The molecule has 0 aliphatic heterocycles. The molecule has 1 heterocycles. The van der Waals surface area contributed by atoms with Gasteiger partial charge in [-0.2, -0.15) is 0 Å². The highest BCUT2D eigenvalue weighted by molar-refractivity contribution is 7.99. The van der Waals surface area contributed by atoms with E-state index >= 15 is 0 Å². The maximum Gasteiger partial charge on any atom is 0.234 e. The molecular weight excluding hydrogens is 380 g/mol. The van der Waals surface area contributed by atoms with E-state index in [1.807, 2.05) is 30.5 Å². The van der Waals surface area contributed by atoms with Crippen molar-refractivity contribution >= 4 is 35.0 Å². The van der Waals surface area contributed by atoms with E-state index in [4.69, 9.17) is 11.6 Å². The molecule has 0 spiro atoms. The zero-order chi connectivity index (χ0) is 19.6. The molecule has 1 aromatic heterocycles. The van der Waals surface area contributed by atoms with Crippen molar-refractivity contribution in [3.05, 3.63) is 63.9 Å². The van der Waals surface area contributed by atoms with Crippen LogP contribution in [-0.2, 0) is 4.79 Å². The summed E-state index contributed by atoms with van der Waals surface area (Å²) in [6.45, 7) is 7.90. The van der Waals surface area contributed by atoms with Gasteiger partial charge < -0.3 is 5.32 Å². The van der Waals surface area contributed by atoms with Crippen molar-refractivity contribution in [2.45, 2.75) is 32.9 Å². The lowest BCUT2D eigenvalue weighted by Gasteiger charge is -2.12. The number of rotatable bonds is 5. The molecule has 27 heavy (non-hydrogen) atoms. The Bertz CT molecular complexity index is 1000. The van der Waals surface area contributed by atoms with E-state index in [2.05, 4.69) is 47.6 Å². The molecule has 3 aromatic rings. The zero-order valence-electron chi connectivity index (χ0n) is 15.7. The predicted molar refractivity (Wildman–Crippen MR) is 111 cm³/mol. The van der Waals surface area contributed by atoms with Gasteiger partial charge in [-0.1, -0.05) is 41.6 Å². The molecule has 0 radical (unpaired) electrons. The second-order valence-corrected chi connectivity index (χ2v) is 7.75. The van der Waals surface area contributed by atoms with Crippen LogP contribution in [0.15, 0.2) is 41.6 Å². The second kappa shape index (κ2) is 8.15. The molecule has 0 saturated heterocycles. The highest BCUT2D eigenvalue weighted by atomic mass is 35.5. The number of nitrogens with one attached hydrogen (secondary N) is 1. The normalized spacial score (nSPS) is 10.9. The van der Waals surface area contributed by atoms with Gasteiger partial charge in [0.2, 0.25) is 5.91 Å². The molecule has 0 fully saturated rings. The number of carbonyl (C=O) groups excluding carboxylic acids is 1. The van der Waals surface area contributed by atoms with Gasteiger partial charge in [-0.25, -0.2) is 0 Å². The molecular formula is C20H21ClN4OS. The number of anilines is 1. The molecule has 7 heteroatoms. The van der Waals surface area contributed by atoms with Crippen LogP contribution in [0.4, 0.5) is 5.69 Å². The number of amides is 1. The van der Waals surface area contributed by atoms with Crippen LogP contribution in [-0.4, -0.2) is 26.4 Å². The fourth-order valence-corrected chi connectivity index (χ4v) is 3.70. The number of benzene rings is 2. The van der Waals surface area contributed by atoms with Gasteiger partial charge in [0.05, 0.1) is 11.4 Å². The summed E-state index contributed by atoms with van der Waals surface area (Å²) in [5, 5.41) is 12.7. The molecule has 1 amide bonds. The minimum atomic E-state index is -0.112. The first-order valence-electron chi connectivity index (χ1n) is 8.54. The highest BCUT2D eigenvalue weighted by Gasteiger charge is 2.15. The SMILES string of the molecule is Cc1ccc(C)c(-n2c(C)nnc2SCC(=O)Nc2cccc(Cl)c2C)c1. The predicted octanol–water partition coefficient (Wildman–Crippen LogP) is 4.89. The van der Waals surface area contributed by atoms with Crippen LogP contribution in [0.2, 0.25) is 5.02 Å². The van der Waals surface area contributed by atoms with E-state index in [0.29, 0.717) is 10.2 Å². The molecule has 0 saturated carbocycles. The van der Waals surface area contributed by atoms with Crippen LogP contribution in [0.5, 0.6) is 0 Å². The van der Waals surface area contributed by atoms with Crippen molar-refractivity contribution in [1.82, 2.24) is 14.8 Å². The number of nitrogens with zero attached hydrogens (tertiary/aromatic N) is 3. The summed E-state index contributed by atoms with van der Waals surface area (Å²) in [5.74, 6) is 0.908. The number of thioether (sulfide) groups is 1. The Kier molecular flexibility index (Phi) is 5.87. The van der Waals surface area contributed by atoms with Gasteiger partial charge in [-0.05, 0) is 62.6 Å². The van der Waals surface area contributed by atoms with Gasteiger partial charge in [0.15, 0.2) is 5.16 Å². The molecule has 2 aromatic carbocycles. The minimum absolute atomic E-state index is 0.112. The van der Waals surface area contributed by atoms with Crippen LogP contribution in [0.3, 0.4) is 0 Å². The summed E-state index contributed by atoms with van der Waals surface area (Å²) < 4.78 is 1.99. The first-order chi connectivity index (χ1) is 12.9. The Morgan fingerprint density at radius 1 is 1.15 bits per heavy atom. The maximum absolute atomic E-state index is 12.4.